The van der Waals surface area contributed by atoms with Crippen molar-refractivity contribution in [3.8, 4) is 0 Å². The summed E-state index contributed by atoms with van der Waals surface area (Å²) >= 11 is 0. The lowest BCUT2D eigenvalue weighted by Gasteiger charge is -2.31. The van der Waals surface area contributed by atoms with E-state index in [-0.39, 0.29) is 34.2 Å². The number of amides is 1. The number of benzene rings is 1. The highest BCUT2D eigenvalue weighted by Gasteiger charge is 2.48. The molecule has 0 aliphatic carbocycles. The summed E-state index contributed by atoms with van der Waals surface area (Å²) in [6.07, 6.45) is 10.1. The average Bonchev–Trinajstić information content (AvgIpc) is 3.13. The van der Waals surface area contributed by atoms with Crippen molar-refractivity contribution in [2.24, 2.45) is 4.99 Å². The Hall–Kier alpha value is -3.67. The van der Waals surface area contributed by atoms with E-state index in [2.05, 4.69) is 22.3 Å². The molecule has 0 spiro atoms. The molecule has 1 atom stereocenters. The average molecular weight is 610 g/mol. The van der Waals surface area contributed by atoms with Crippen LogP contribution in [0.5, 0.6) is 0 Å². The zero-order valence-corrected chi connectivity index (χ0v) is 24.9. The molecule has 1 unspecified atom stereocenters. The summed E-state index contributed by atoms with van der Waals surface area (Å²) in [5, 5.41) is 0. The molecule has 12 heteroatoms. The smallest absolute Gasteiger partial charge is 0.377 e. The summed E-state index contributed by atoms with van der Waals surface area (Å²) in [4.78, 5) is 21.8. The van der Waals surface area contributed by atoms with Gasteiger partial charge in [-0.05, 0) is 68.0 Å². The Kier molecular flexibility index (Phi) is 10.2. The molecule has 42 heavy (non-hydrogen) atoms. The van der Waals surface area contributed by atoms with Crippen LogP contribution in [-0.2, 0) is 19.1 Å². The van der Waals surface area contributed by atoms with Crippen LogP contribution < -0.4 is 0 Å². The maximum atomic E-state index is 15.4. The summed E-state index contributed by atoms with van der Waals surface area (Å²) < 4.78 is 79.3. The van der Waals surface area contributed by atoms with Crippen LogP contribution in [-0.4, -0.2) is 55.0 Å². The van der Waals surface area contributed by atoms with Gasteiger partial charge in [-0.3, -0.25) is 4.79 Å². The molecule has 0 radical (unpaired) electrons. The summed E-state index contributed by atoms with van der Waals surface area (Å²) in [5.41, 5.74) is -3.60. The number of aliphatic imine (C=N–C) groups is 1. The molecule has 2 aliphatic heterocycles. The van der Waals surface area contributed by atoms with Crippen molar-refractivity contribution in [1.29, 1.82) is 0 Å². The molecular weight excluding hydrogens is 574 g/mol. The van der Waals surface area contributed by atoms with Crippen LogP contribution in [0.2, 0.25) is 0 Å². The second-order valence-corrected chi connectivity index (χ2v) is 11.7. The quantitative estimate of drug-likeness (QED) is 0.106. The molecule has 0 N–H and O–H groups in total. The van der Waals surface area contributed by atoms with Crippen LogP contribution in [0.1, 0.15) is 62.6 Å². The molecule has 1 aromatic carbocycles. The second kappa shape index (κ2) is 13.1. The Morgan fingerprint density at radius 2 is 1.90 bits per heavy atom. The SMILES string of the molecule is C=C(/C=C\c1ccc(C(=C)/C=C2/N=C(C(=O)N3CCCCCC3C)C=C(CC)N2C)c(F)c1C)OS(=O)(=O)C(F)(F)F. The number of alkyl halides is 3. The lowest BCUT2D eigenvalue weighted by atomic mass is 9.98. The Bertz CT molecular complexity index is 1490. The van der Waals surface area contributed by atoms with E-state index in [1.165, 1.54) is 25.1 Å². The monoisotopic (exact) mass is 609 g/mol. The van der Waals surface area contributed by atoms with Crippen LogP contribution >= 0.6 is 0 Å². The first-order valence-corrected chi connectivity index (χ1v) is 14.9. The van der Waals surface area contributed by atoms with Crippen molar-refractivity contribution in [1.82, 2.24) is 9.80 Å². The number of hydrogen-bond donors (Lipinski definition) is 0. The number of allylic oxidation sites excluding steroid dienone is 4. The molecular formula is C30H35F4N3O4S. The van der Waals surface area contributed by atoms with Crippen LogP contribution in [0.4, 0.5) is 17.6 Å². The molecule has 2 heterocycles. The van der Waals surface area contributed by atoms with Gasteiger partial charge in [0.2, 0.25) is 0 Å². The first-order chi connectivity index (χ1) is 19.6. The van der Waals surface area contributed by atoms with E-state index in [1.807, 2.05) is 23.6 Å². The van der Waals surface area contributed by atoms with E-state index in [9.17, 15) is 26.4 Å². The minimum Gasteiger partial charge on any atom is -0.377 e. The van der Waals surface area contributed by atoms with Crippen molar-refractivity contribution in [3.05, 3.63) is 83.3 Å². The molecule has 0 bridgehead atoms. The second-order valence-electron chi connectivity index (χ2n) is 10.2. The largest absolute Gasteiger partial charge is 0.534 e. The van der Waals surface area contributed by atoms with E-state index < -0.39 is 27.2 Å². The van der Waals surface area contributed by atoms with Crippen molar-refractivity contribution >= 4 is 33.4 Å². The number of nitrogens with zero attached hydrogens (tertiary/aromatic N) is 3. The molecule has 2 aliphatic rings. The van der Waals surface area contributed by atoms with Gasteiger partial charge >= 0.3 is 15.6 Å². The van der Waals surface area contributed by atoms with Gasteiger partial charge in [-0.1, -0.05) is 51.1 Å². The number of halogens is 4. The van der Waals surface area contributed by atoms with Gasteiger partial charge < -0.3 is 14.0 Å². The third kappa shape index (κ3) is 7.39. The lowest BCUT2D eigenvalue weighted by Crippen LogP contribution is -2.43. The Morgan fingerprint density at radius 3 is 2.55 bits per heavy atom. The van der Waals surface area contributed by atoms with E-state index in [0.29, 0.717) is 24.5 Å². The number of rotatable bonds is 8. The van der Waals surface area contributed by atoms with Gasteiger partial charge in [0.15, 0.2) is 0 Å². The molecule has 3 rings (SSSR count). The Labute approximate surface area is 244 Å². The van der Waals surface area contributed by atoms with Crippen LogP contribution in [0.25, 0.3) is 11.6 Å². The molecule has 228 valence electrons. The van der Waals surface area contributed by atoms with Gasteiger partial charge in [0.25, 0.3) is 5.91 Å². The summed E-state index contributed by atoms with van der Waals surface area (Å²) in [5.74, 6) is -1.16. The summed E-state index contributed by atoms with van der Waals surface area (Å²) in [6.45, 7) is 13.3. The highest BCUT2D eigenvalue weighted by atomic mass is 32.2. The molecule has 1 aromatic rings. The standard InChI is InChI=1S/C30H35F4N3O4S/c1-7-24-18-26(29(38)37-16-10-8-9-11-20(37)3)35-27(36(24)6)17-19(2)25-15-14-23(22(5)28(25)31)13-12-21(4)41-42(39,40)30(32,33)34/h12-15,17-18,20H,2,4,7-11,16H2,1,3,5-6H3/b13-12-,27-17-. The molecule has 1 amide bonds. The number of likely N-dealkylation sites (tertiary alicyclic amines) is 1. The third-order valence-electron chi connectivity index (χ3n) is 7.23. The van der Waals surface area contributed by atoms with Gasteiger partial charge in [0, 0.05) is 30.9 Å². The van der Waals surface area contributed by atoms with Gasteiger partial charge in [-0.2, -0.15) is 21.6 Å². The Balaban J connectivity index is 1.87. The van der Waals surface area contributed by atoms with Crippen molar-refractivity contribution in [3.63, 3.8) is 0 Å². The third-order valence-corrected chi connectivity index (χ3v) is 8.23. The number of carbonyl (C=O) groups excluding carboxylic acids is 1. The maximum absolute atomic E-state index is 15.4. The summed E-state index contributed by atoms with van der Waals surface area (Å²) in [7, 11) is -4.07. The molecule has 7 nitrogen and oxygen atoms in total. The molecule has 1 fully saturated rings. The zero-order chi connectivity index (χ0) is 31.4. The fourth-order valence-electron chi connectivity index (χ4n) is 4.69. The first-order valence-electron chi connectivity index (χ1n) is 13.5. The predicted octanol–water partition coefficient (Wildman–Crippen LogP) is 6.85. The van der Waals surface area contributed by atoms with E-state index >= 15 is 4.39 Å². The van der Waals surface area contributed by atoms with Crippen molar-refractivity contribution in [2.75, 3.05) is 13.6 Å². The predicted molar refractivity (Wildman–Crippen MR) is 156 cm³/mol. The normalized spacial score (nSPS) is 19.4. The molecule has 0 aromatic heterocycles. The van der Waals surface area contributed by atoms with Crippen molar-refractivity contribution < 1.29 is 35.0 Å². The number of hydrogen-bond acceptors (Lipinski definition) is 6. The fraction of sp³-hybridized carbons (Fsp3) is 0.400. The Morgan fingerprint density at radius 1 is 1.21 bits per heavy atom. The minimum atomic E-state index is -5.87. The van der Waals surface area contributed by atoms with Gasteiger partial charge in [-0.15, -0.1) is 0 Å². The highest BCUT2D eigenvalue weighted by molar-refractivity contribution is 7.87. The molecule has 1 saturated heterocycles. The van der Waals surface area contributed by atoms with Crippen molar-refractivity contribution in [2.45, 2.75) is 64.4 Å². The van der Waals surface area contributed by atoms with Crippen LogP contribution in [0.15, 0.2) is 65.8 Å². The summed E-state index contributed by atoms with van der Waals surface area (Å²) in [6, 6.07) is 3.04. The first kappa shape index (κ1) is 32.8. The van der Waals surface area contributed by atoms with Gasteiger partial charge in [0.1, 0.15) is 23.1 Å². The molecule has 0 saturated carbocycles. The fourth-order valence-corrected chi connectivity index (χ4v) is 5.13. The van der Waals surface area contributed by atoms with E-state index in [0.717, 1.165) is 37.5 Å². The number of carbonyl (C=O) groups is 1. The van der Waals surface area contributed by atoms with Gasteiger partial charge in [-0.25, -0.2) is 9.38 Å². The van der Waals surface area contributed by atoms with E-state index in [1.54, 1.807) is 19.2 Å². The highest BCUT2D eigenvalue weighted by Crippen LogP contribution is 2.30. The van der Waals surface area contributed by atoms with Gasteiger partial charge in [0.05, 0.1) is 0 Å². The minimum absolute atomic E-state index is 0.102. The topological polar surface area (TPSA) is 79.3 Å². The van der Waals surface area contributed by atoms with Crippen LogP contribution in [0.3, 0.4) is 0 Å². The van der Waals surface area contributed by atoms with E-state index in [4.69, 9.17) is 0 Å². The maximum Gasteiger partial charge on any atom is 0.534 e. The zero-order valence-electron chi connectivity index (χ0n) is 24.1. The van der Waals surface area contributed by atoms with Crippen LogP contribution in [0, 0.1) is 12.7 Å². The lowest BCUT2D eigenvalue weighted by molar-refractivity contribution is -0.125.